The molecule has 0 bridgehead atoms. The van der Waals surface area contributed by atoms with Crippen molar-refractivity contribution in [3.05, 3.63) is 199 Å². The standard InChI is InChI=1S/C55H37NO/c1-55(2)48-23-12-11-22-44(48)45-29-28-39(33-49(45)55)56(38-27-26-34-14-3-4-15-35(34)30-38)50-24-13-25-51-53(50)47-32-37-17-6-8-19-41(37)52(54(47)57-51)46-31-36-16-5-7-18-40(36)42-20-9-10-21-43(42)46/h3-33H,1-2H3. The van der Waals surface area contributed by atoms with Crippen LogP contribution in [0.25, 0.3) is 87.3 Å². The van der Waals surface area contributed by atoms with Gasteiger partial charge in [-0.1, -0.05) is 153 Å². The minimum absolute atomic E-state index is 0.137. The van der Waals surface area contributed by atoms with Crippen molar-refractivity contribution >= 4 is 82.1 Å². The molecule has 268 valence electrons. The van der Waals surface area contributed by atoms with Crippen molar-refractivity contribution in [1.29, 1.82) is 0 Å². The van der Waals surface area contributed by atoms with Crippen LogP contribution in [0, 0.1) is 0 Å². The molecule has 2 nitrogen and oxygen atoms in total. The van der Waals surface area contributed by atoms with E-state index >= 15 is 0 Å². The van der Waals surface area contributed by atoms with E-state index in [2.05, 4.69) is 207 Å². The summed E-state index contributed by atoms with van der Waals surface area (Å²) < 4.78 is 7.16. The lowest BCUT2D eigenvalue weighted by molar-refractivity contribution is 0.660. The zero-order valence-corrected chi connectivity index (χ0v) is 31.8. The maximum Gasteiger partial charge on any atom is 0.143 e. The molecule has 0 aliphatic heterocycles. The summed E-state index contributed by atoms with van der Waals surface area (Å²) >= 11 is 0. The van der Waals surface area contributed by atoms with Gasteiger partial charge in [-0.2, -0.15) is 0 Å². The molecule has 1 aliphatic rings. The van der Waals surface area contributed by atoms with Crippen molar-refractivity contribution < 1.29 is 4.42 Å². The highest BCUT2D eigenvalue weighted by atomic mass is 16.3. The second kappa shape index (κ2) is 11.9. The second-order valence-corrected chi connectivity index (χ2v) is 16.1. The summed E-state index contributed by atoms with van der Waals surface area (Å²) in [4.78, 5) is 2.45. The van der Waals surface area contributed by atoms with Gasteiger partial charge in [0, 0.05) is 27.7 Å². The van der Waals surface area contributed by atoms with E-state index in [1.165, 1.54) is 70.9 Å². The van der Waals surface area contributed by atoms with Crippen molar-refractivity contribution in [2.24, 2.45) is 0 Å². The number of hydrogen-bond acceptors (Lipinski definition) is 2. The quantitative estimate of drug-likeness (QED) is 0.168. The molecule has 1 aliphatic carbocycles. The molecule has 0 spiro atoms. The zero-order chi connectivity index (χ0) is 37.8. The Balaban J connectivity index is 1.17. The van der Waals surface area contributed by atoms with Gasteiger partial charge in [-0.05, 0) is 119 Å². The topological polar surface area (TPSA) is 16.4 Å². The predicted octanol–water partition coefficient (Wildman–Crippen LogP) is 15.6. The molecular formula is C55H37NO. The highest BCUT2D eigenvalue weighted by molar-refractivity contribution is 6.25. The maximum atomic E-state index is 7.16. The lowest BCUT2D eigenvalue weighted by atomic mass is 9.82. The summed E-state index contributed by atoms with van der Waals surface area (Å²) in [5, 5.41) is 11.9. The third-order valence-electron chi connectivity index (χ3n) is 12.6. The molecule has 0 saturated carbocycles. The van der Waals surface area contributed by atoms with E-state index in [9.17, 15) is 0 Å². The van der Waals surface area contributed by atoms with Crippen LogP contribution in [0.3, 0.4) is 0 Å². The lowest BCUT2D eigenvalue weighted by Gasteiger charge is -2.29. The van der Waals surface area contributed by atoms with E-state index in [-0.39, 0.29) is 5.41 Å². The highest BCUT2D eigenvalue weighted by Gasteiger charge is 2.36. The molecule has 11 aromatic rings. The van der Waals surface area contributed by atoms with Crippen LogP contribution in [0.1, 0.15) is 25.0 Å². The van der Waals surface area contributed by atoms with Crippen molar-refractivity contribution in [3.63, 3.8) is 0 Å². The molecule has 2 heteroatoms. The van der Waals surface area contributed by atoms with E-state index in [0.717, 1.165) is 44.6 Å². The van der Waals surface area contributed by atoms with Gasteiger partial charge in [0.15, 0.2) is 0 Å². The van der Waals surface area contributed by atoms with Crippen LogP contribution >= 0.6 is 0 Å². The Labute approximate surface area is 330 Å². The van der Waals surface area contributed by atoms with E-state index < -0.39 is 0 Å². The third-order valence-corrected chi connectivity index (χ3v) is 12.6. The molecule has 57 heavy (non-hydrogen) atoms. The normalized spacial score (nSPS) is 13.2. The van der Waals surface area contributed by atoms with Crippen LogP contribution in [0.5, 0.6) is 0 Å². The molecule has 0 amide bonds. The van der Waals surface area contributed by atoms with E-state index in [4.69, 9.17) is 4.42 Å². The van der Waals surface area contributed by atoms with Crippen molar-refractivity contribution in [2.75, 3.05) is 4.90 Å². The summed E-state index contributed by atoms with van der Waals surface area (Å²) in [5.41, 5.74) is 12.6. The van der Waals surface area contributed by atoms with Crippen LogP contribution in [0.4, 0.5) is 17.1 Å². The fraction of sp³-hybridized carbons (Fsp3) is 0.0545. The summed E-state index contributed by atoms with van der Waals surface area (Å²) in [6.07, 6.45) is 0. The summed E-state index contributed by atoms with van der Waals surface area (Å²) in [6.45, 7) is 4.71. The van der Waals surface area contributed by atoms with E-state index in [1.807, 2.05) is 0 Å². The van der Waals surface area contributed by atoms with Crippen molar-refractivity contribution in [3.8, 4) is 22.3 Å². The minimum atomic E-state index is -0.137. The van der Waals surface area contributed by atoms with Gasteiger partial charge in [-0.15, -0.1) is 0 Å². The molecule has 0 fully saturated rings. The molecule has 0 saturated heterocycles. The van der Waals surface area contributed by atoms with Crippen molar-refractivity contribution in [1.82, 2.24) is 0 Å². The number of benzene rings is 10. The second-order valence-electron chi connectivity index (χ2n) is 16.1. The molecule has 12 rings (SSSR count). The first-order chi connectivity index (χ1) is 28.0. The Kier molecular flexibility index (Phi) is 6.72. The molecule has 0 radical (unpaired) electrons. The fourth-order valence-electron chi connectivity index (χ4n) is 9.89. The molecular weight excluding hydrogens is 691 g/mol. The molecule has 0 unspecified atom stereocenters. The molecule has 1 heterocycles. The largest absolute Gasteiger partial charge is 0.455 e. The number of fused-ring (bicyclic) bond motifs is 11. The Bertz CT molecular complexity index is 3460. The molecule has 0 N–H and O–H groups in total. The van der Waals surface area contributed by atoms with Crippen LogP contribution in [0.2, 0.25) is 0 Å². The number of furan rings is 1. The Hall–Kier alpha value is -7.16. The summed E-state index contributed by atoms with van der Waals surface area (Å²) in [5.74, 6) is 0. The number of anilines is 3. The predicted molar refractivity (Wildman–Crippen MR) is 241 cm³/mol. The van der Waals surface area contributed by atoms with Gasteiger partial charge in [0.1, 0.15) is 11.2 Å². The van der Waals surface area contributed by atoms with Crippen molar-refractivity contribution in [2.45, 2.75) is 19.3 Å². The van der Waals surface area contributed by atoms with Gasteiger partial charge in [0.25, 0.3) is 0 Å². The van der Waals surface area contributed by atoms with Crippen LogP contribution < -0.4 is 4.90 Å². The monoisotopic (exact) mass is 727 g/mol. The summed E-state index contributed by atoms with van der Waals surface area (Å²) in [7, 11) is 0. The average Bonchev–Trinajstić information content (AvgIpc) is 3.74. The average molecular weight is 728 g/mol. The van der Waals surface area contributed by atoms with Crippen LogP contribution in [0.15, 0.2) is 192 Å². The fourth-order valence-corrected chi connectivity index (χ4v) is 9.89. The minimum Gasteiger partial charge on any atom is -0.455 e. The zero-order valence-electron chi connectivity index (χ0n) is 31.8. The molecule has 10 aromatic carbocycles. The lowest BCUT2D eigenvalue weighted by Crippen LogP contribution is -2.16. The van der Waals surface area contributed by atoms with Crippen LogP contribution in [-0.4, -0.2) is 0 Å². The van der Waals surface area contributed by atoms with Gasteiger partial charge in [-0.3, -0.25) is 0 Å². The first kappa shape index (κ1) is 32.1. The van der Waals surface area contributed by atoms with Gasteiger partial charge in [0.05, 0.1) is 11.1 Å². The van der Waals surface area contributed by atoms with Crippen LogP contribution in [-0.2, 0) is 5.41 Å². The smallest absolute Gasteiger partial charge is 0.143 e. The first-order valence-corrected chi connectivity index (χ1v) is 19.8. The Morgan fingerprint density at radius 2 is 1.04 bits per heavy atom. The third kappa shape index (κ3) is 4.65. The summed E-state index contributed by atoms with van der Waals surface area (Å²) in [6, 6.07) is 68.9. The molecule has 0 atom stereocenters. The van der Waals surface area contributed by atoms with E-state index in [1.54, 1.807) is 0 Å². The van der Waals surface area contributed by atoms with Gasteiger partial charge < -0.3 is 9.32 Å². The Morgan fingerprint density at radius 1 is 0.404 bits per heavy atom. The van der Waals surface area contributed by atoms with Gasteiger partial charge >= 0.3 is 0 Å². The Morgan fingerprint density at radius 3 is 1.88 bits per heavy atom. The highest BCUT2D eigenvalue weighted by Crippen LogP contribution is 2.53. The number of nitrogens with zero attached hydrogens (tertiary/aromatic N) is 1. The maximum absolute atomic E-state index is 7.16. The molecule has 1 aromatic heterocycles. The number of rotatable bonds is 4. The number of hydrogen-bond donors (Lipinski definition) is 0. The first-order valence-electron chi connectivity index (χ1n) is 19.8. The van der Waals surface area contributed by atoms with Gasteiger partial charge in [0.2, 0.25) is 0 Å². The van der Waals surface area contributed by atoms with E-state index in [0.29, 0.717) is 0 Å². The van der Waals surface area contributed by atoms with Gasteiger partial charge in [-0.25, -0.2) is 0 Å². The SMILES string of the molecule is CC1(C)c2ccccc2-c2ccc(N(c3ccc4ccccc4c3)c3cccc4oc5c(-c6cc7ccccc7c7ccccc67)c6ccccc6cc5c34)cc21.